The van der Waals surface area contributed by atoms with Crippen molar-refractivity contribution in [1.82, 2.24) is 5.32 Å². The van der Waals surface area contributed by atoms with Gasteiger partial charge in [0, 0.05) is 60.5 Å². The molecule has 0 heterocycles. The molecule has 9 heteroatoms. The summed E-state index contributed by atoms with van der Waals surface area (Å²) in [6.45, 7) is 5.09. The predicted molar refractivity (Wildman–Crippen MR) is 142 cm³/mol. The highest BCUT2D eigenvalue weighted by atomic mass is 16.3. The van der Waals surface area contributed by atoms with Crippen LogP contribution in [-0.4, -0.2) is 65.8 Å². The summed E-state index contributed by atoms with van der Waals surface area (Å²) in [7, 11) is 0. The summed E-state index contributed by atoms with van der Waals surface area (Å²) in [6.07, 6.45) is 1.05. The monoisotopic (exact) mass is 509 g/mol. The van der Waals surface area contributed by atoms with Gasteiger partial charge in [-0.25, -0.2) is 0 Å². The molecule has 1 aliphatic rings. The molecule has 5 N–H and O–H groups in total. The summed E-state index contributed by atoms with van der Waals surface area (Å²) < 4.78 is 0. The maximum atomic E-state index is 13.7. The van der Waals surface area contributed by atoms with Crippen molar-refractivity contribution >= 4 is 34.6 Å². The molecular formula is C28H35N3O6. The van der Waals surface area contributed by atoms with E-state index in [0.717, 1.165) is 12.8 Å². The molecule has 1 aliphatic carbocycles. The highest BCUT2D eigenvalue weighted by Crippen LogP contribution is 2.37. The highest BCUT2D eigenvalue weighted by molar-refractivity contribution is 6.32. The van der Waals surface area contributed by atoms with Gasteiger partial charge in [-0.05, 0) is 49.6 Å². The summed E-state index contributed by atoms with van der Waals surface area (Å²) in [5, 5.41) is 27.4. The Labute approximate surface area is 216 Å². The number of fused-ring (bicyclic) bond motifs is 2. The smallest absolute Gasteiger partial charge is 0.251 e. The second-order valence-electron chi connectivity index (χ2n) is 9.12. The van der Waals surface area contributed by atoms with Gasteiger partial charge < -0.3 is 26.2 Å². The Balaban J connectivity index is 1.80. The van der Waals surface area contributed by atoms with E-state index in [1.807, 2.05) is 19.9 Å². The third kappa shape index (κ3) is 6.61. The molecule has 3 rings (SSSR count). The molecular weight excluding hydrogens is 474 g/mol. The summed E-state index contributed by atoms with van der Waals surface area (Å²) in [4.78, 5) is 51.7. The van der Waals surface area contributed by atoms with Crippen LogP contribution in [0.4, 0.5) is 11.4 Å². The van der Waals surface area contributed by atoms with Crippen molar-refractivity contribution in [3.63, 3.8) is 0 Å². The van der Waals surface area contributed by atoms with Gasteiger partial charge >= 0.3 is 0 Å². The molecule has 0 aliphatic heterocycles. The first-order chi connectivity index (χ1) is 17.8. The summed E-state index contributed by atoms with van der Waals surface area (Å²) in [5.74, 6) is -1.20. The molecule has 0 spiro atoms. The zero-order chi connectivity index (χ0) is 26.9. The fourth-order valence-electron chi connectivity index (χ4n) is 4.25. The third-order valence-corrected chi connectivity index (χ3v) is 6.15. The number of benzene rings is 2. The first-order valence-electron chi connectivity index (χ1n) is 12.8. The molecule has 0 saturated heterocycles. The molecule has 198 valence electrons. The van der Waals surface area contributed by atoms with Crippen molar-refractivity contribution in [3.05, 3.63) is 58.1 Å². The number of amides is 1. The minimum Gasteiger partial charge on any atom is -0.394 e. The summed E-state index contributed by atoms with van der Waals surface area (Å²) >= 11 is 0. The number of anilines is 2. The van der Waals surface area contributed by atoms with Gasteiger partial charge in [0.2, 0.25) is 0 Å². The average molecular weight is 510 g/mol. The minimum absolute atomic E-state index is 0.127. The lowest BCUT2D eigenvalue weighted by molar-refractivity contribution is -0.121. The number of Topliss-reactive ketones (excluding diaryl/α,β-unsaturated/α-hetero) is 1. The van der Waals surface area contributed by atoms with Crippen molar-refractivity contribution < 1.29 is 29.4 Å². The van der Waals surface area contributed by atoms with Gasteiger partial charge in [-0.15, -0.1) is 0 Å². The minimum atomic E-state index is -1.07. The van der Waals surface area contributed by atoms with Crippen LogP contribution in [0.5, 0.6) is 0 Å². The van der Waals surface area contributed by atoms with Crippen molar-refractivity contribution in [2.75, 3.05) is 36.9 Å². The number of aliphatic hydroxyl groups excluding tert-OH is 2. The Morgan fingerprint density at radius 3 is 2.03 bits per heavy atom. The lowest BCUT2D eigenvalue weighted by atomic mass is 9.81. The van der Waals surface area contributed by atoms with Crippen LogP contribution in [0.3, 0.4) is 0 Å². The largest absolute Gasteiger partial charge is 0.394 e. The number of hydrogen-bond acceptors (Lipinski definition) is 8. The van der Waals surface area contributed by atoms with Gasteiger partial charge in [0.25, 0.3) is 5.91 Å². The van der Waals surface area contributed by atoms with E-state index >= 15 is 0 Å². The van der Waals surface area contributed by atoms with Crippen molar-refractivity contribution in [3.8, 4) is 0 Å². The SMILES string of the molecule is CCCNc1ccc(NCCC)c2c1C(=O)c1ccc(C(=O)NCCCC(=O)CC(O)CO)cc1C2=O. The Kier molecular flexibility index (Phi) is 9.93. The Morgan fingerprint density at radius 1 is 0.865 bits per heavy atom. The Morgan fingerprint density at radius 2 is 1.46 bits per heavy atom. The molecule has 0 fully saturated rings. The molecule has 2 aromatic carbocycles. The molecule has 37 heavy (non-hydrogen) atoms. The zero-order valence-corrected chi connectivity index (χ0v) is 21.4. The van der Waals surface area contributed by atoms with E-state index in [4.69, 9.17) is 5.11 Å². The maximum Gasteiger partial charge on any atom is 0.251 e. The number of hydrogen-bond donors (Lipinski definition) is 5. The highest BCUT2D eigenvalue weighted by Gasteiger charge is 2.34. The second kappa shape index (κ2) is 13.1. The van der Waals surface area contributed by atoms with E-state index in [9.17, 15) is 24.3 Å². The third-order valence-electron chi connectivity index (χ3n) is 6.15. The molecule has 0 bridgehead atoms. The number of carbonyl (C=O) groups is 4. The lowest BCUT2D eigenvalue weighted by Gasteiger charge is -2.24. The van der Waals surface area contributed by atoms with Crippen LogP contribution < -0.4 is 16.0 Å². The van der Waals surface area contributed by atoms with Crippen LogP contribution >= 0.6 is 0 Å². The van der Waals surface area contributed by atoms with Crippen LogP contribution in [0.15, 0.2) is 30.3 Å². The fourth-order valence-corrected chi connectivity index (χ4v) is 4.25. The normalized spacial score (nSPS) is 13.0. The van der Waals surface area contributed by atoms with Gasteiger partial charge in [-0.3, -0.25) is 19.2 Å². The predicted octanol–water partition coefficient (Wildman–Crippen LogP) is 2.93. The van der Waals surface area contributed by atoms with E-state index in [0.29, 0.717) is 42.0 Å². The molecule has 1 atom stereocenters. The fraction of sp³-hybridized carbons (Fsp3) is 0.429. The average Bonchev–Trinajstić information content (AvgIpc) is 2.90. The molecule has 2 aromatic rings. The number of nitrogens with one attached hydrogen (secondary N) is 3. The number of aliphatic hydroxyl groups is 2. The van der Waals surface area contributed by atoms with E-state index < -0.39 is 18.6 Å². The first kappa shape index (κ1) is 28.0. The molecule has 1 unspecified atom stereocenters. The van der Waals surface area contributed by atoms with E-state index in [1.165, 1.54) is 18.2 Å². The Bertz CT molecular complexity index is 1180. The van der Waals surface area contributed by atoms with E-state index in [1.54, 1.807) is 6.07 Å². The van der Waals surface area contributed by atoms with Crippen LogP contribution in [0.1, 0.15) is 88.2 Å². The quantitative estimate of drug-likeness (QED) is 0.209. The summed E-state index contributed by atoms with van der Waals surface area (Å²) in [5.41, 5.74) is 2.56. The number of carbonyl (C=O) groups excluding carboxylic acids is 4. The Hall–Kier alpha value is -3.56. The van der Waals surface area contributed by atoms with Gasteiger partial charge in [0.05, 0.1) is 23.8 Å². The van der Waals surface area contributed by atoms with Crippen molar-refractivity contribution in [2.45, 2.75) is 52.1 Å². The zero-order valence-electron chi connectivity index (χ0n) is 21.4. The van der Waals surface area contributed by atoms with Crippen LogP contribution in [0.25, 0.3) is 0 Å². The van der Waals surface area contributed by atoms with Gasteiger partial charge in [0.15, 0.2) is 11.6 Å². The molecule has 0 radical (unpaired) electrons. The molecule has 0 saturated carbocycles. The van der Waals surface area contributed by atoms with Crippen LogP contribution in [0, 0.1) is 0 Å². The topological polar surface area (TPSA) is 145 Å². The lowest BCUT2D eigenvalue weighted by Crippen LogP contribution is -2.28. The number of rotatable bonds is 14. The summed E-state index contributed by atoms with van der Waals surface area (Å²) in [6, 6.07) is 8.11. The molecule has 0 aromatic heterocycles. The van der Waals surface area contributed by atoms with Gasteiger partial charge in [-0.2, -0.15) is 0 Å². The van der Waals surface area contributed by atoms with Gasteiger partial charge in [-0.1, -0.05) is 13.8 Å². The molecule has 1 amide bonds. The first-order valence-corrected chi connectivity index (χ1v) is 12.8. The van der Waals surface area contributed by atoms with E-state index in [2.05, 4.69) is 16.0 Å². The van der Waals surface area contributed by atoms with Gasteiger partial charge in [0.1, 0.15) is 5.78 Å². The molecule has 9 nitrogen and oxygen atoms in total. The van der Waals surface area contributed by atoms with Crippen molar-refractivity contribution in [2.24, 2.45) is 0 Å². The maximum absolute atomic E-state index is 13.7. The second-order valence-corrected chi connectivity index (χ2v) is 9.12. The standard InChI is InChI=1S/C28H35N3O6/c1-3-11-29-22-9-10-23(30-12-4-2)25-24(22)26(35)20-8-7-17(14-21(20)27(25)36)28(37)31-13-5-6-18(33)15-19(34)16-32/h7-10,14,19,29-30,32,34H,3-6,11-13,15-16H2,1-2H3,(H,31,37). The number of ketones is 3. The van der Waals surface area contributed by atoms with E-state index in [-0.39, 0.29) is 53.4 Å². The van der Waals surface area contributed by atoms with Crippen LogP contribution in [-0.2, 0) is 4.79 Å². The van der Waals surface area contributed by atoms with Crippen LogP contribution in [0.2, 0.25) is 0 Å². The van der Waals surface area contributed by atoms with Crippen molar-refractivity contribution in [1.29, 1.82) is 0 Å².